The molecule has 0 aromatic carbocycles. The van der Waals surface area contributed by atoms with Gasteiger partial charge >= 0.3 is 0 Å². The van der Waals surface area contributed by atoms with Gasteiger partial charge in [0.1, 0.15) is 5.82 Å². The standard InChI is InChI=1S/C20H29N7/c1-3-17-7-4-5-10-27(17)20-23-16(2)15-18(24-20)25-11-13-26(14-12-25)19-21-8-6-9-22-19/h6,8-9,15,17H,3-5,7,10-14H2,1-2H3. The van der Waals surface area contributed by atoms with E-state index < -0.39 is 0 Å². The molecule has 0 aliphatic carbocycles. The molecule has 0 saturated carbocycles. The van der Waals surface area contributed by atoms with Crippen LogP contribution in [0, 0.1) is 6.92 Å². The van der Waals surface area contributed by atoms with Gasteiger partial charge in [-0.3, -0.25) is 0 Å². The zero-order valence-corrected chi connectivity index (χ0v) is 16.4. The molecule has 1 unspecified atom stereocenters. The molecule has 2 aliphatic heterocycles. The van der Waals surface area contributed by atoms with Crippen molar-refractivity contribution in [2.24, 2.45) is 0 Å². The summed E-state index contributed by atoms with van der Waals surface area (Å²) in [6.07, 6.45) is 8.56. The molecular formula is C20H29N7. The van der Waals surface area contributed by atoms with Crippen LogP contribution in [0.3, 0.4) is 0 Å². The van der Waals surface area contributed by atoms with Gasteiger partial charge < -0.3 is 14.7 Å². The van der Waals surface area contributed by atoms with Crippen LogP contribution < -0.4 is 14.7 Å². The predicted octanol–water partition coefficient (Wildman–Crippen LogP) is 2.67. The molecule has 2 aromatic heterocycles. The maximum Gasteiger partial charge on any atom is 0.227 e. The summed E-state index contributed by atoms with van der Waals surface area (Å²) in [6.45, 7) is 9.07. The molecule has 2 fully saturated rings. The molecule has 0 spiro atoms. The van der Waals surface area contributed by atoms with Crippen LogP contribution in [0.25, 0.3) is 0 Å². The SMILES string of the molecule is CCC1CCCCN1c1nc(C)cc(N2CCN(c3ncccn3)CC2)n1. The van der Waals surface area contributed by atoms with Crippen molar-refractivity contribution in [3.63, 3.8) is 0 Å². The maximum atomic E-state index is 4.97. The molecule has 1 atom stereocenters. The number of piperazine rings is 1. The minimum Gasteiger partial charge on any atom is -0.353 e. The summed E-state index contributed by atoms with van der Waals surface area (Å²) in [7, 11) is 0. The molecule has 0 radical (unpaired) electrons. The summed E-state index contributed by atoms with van der Waals surface area (Å²) in [5.74, 6) is 2.77. The van der Waals surface area contributed by atoms with Crippen LogP contribution in [0.4, 0.5) is 17.7 Å². The molecule has 7 nitrogen and oxygen atoms in total. The zero-order chi connectivity index (χ0) is 18.6. The topological polar surface area (TPSA) is 61.3 Å². The van der Waals surface area contributed by atoms with Crippen LogP contribution in [0.5, 0.6) is 0 Å². The van der Waals surface area contributed by atoms with Gasteiger partial charge in [-0.1, -0.05) is 6.92 Å². The summed E-state index contributed by atoms with van der Waals surface area (Å²) in [4.78, 5) is 25.5. The summed E-state index contributed by atoms with van der Waals surface area (Å²) in [5, 5.41) is 0. The quantitative estimate of drug-likeness (QED) is 0.823. The Bertz CT molecular complexity index is 743. The van der Waals surface area contributed by atoms with E-state index in [1.165, 1.54) is 19.3 Å². The molecule has 2 saturated heterocycles. The number of rotatable bonds is 4. The van der Waals surface area contributed by atoms with E-state index in [4.69, 9.17) is 9.97 Å². The minimum atomic E-state index is 0.570. The highest BCUT2D eigenvalue weighted by Gasteiger charge is 2.25. The zero-order valence-electron chi connectivity index (χ0n) is 16.4. The second kappa shape index (κ2) is 8.06. The van der Waals surface area contributed by atoms with Crippen molar-refractivity contribution >= 4 is 17.7 Å². The fraction of sp³-hybridized carbons (Fsp3) is 0.600. The molecule has 7 heteroatoms. The average Bonchev–Trinajstić information content (AvgIpc) is 2.74. The summed E-state index contributed by atoms with van der Waals surface area (Å²) in [5.41, 5.74) is 1.05. The molecule has 2 aliphatic rings. The molecule has 27 heavy (non-hydrogen) atoms. The van der Waals surface area contributed by atoms with Crippen LogP contribution in [0.2, 0.25) is 0 Å². The Hall–Kier alpha value is -2.44. The van der Waals surface area contributed by atoms with E-state index in [1.807, 2.05) is 6.07 Å². The lowest BCUT2D eigenvalue weighted by molar-refractivity contribution is 0.443. The third kappa shape index (κ3) is 3.96. The Morgan fingerprint density at radius 2 is 1.67 bits per heavy atom. The monoisotopic (exact) mass is 367 g/mol. The van der Waals surface area contributed by atoms with Crippen molar-refractivity contribution < 1.29 is 0 Å². The van der Waals surface area contributed by atoms with Gasteiger partial charge in [-0.25, -0.2) is 15.0 Å². The van der Waals surface area contributed by atoms with E-state index in [-0.39, 0.29) is 0 Å². The normalized spacial score (nSPS) is 20.8. The molecule has 4 rings (SSSR count). The Balaban J connectivity index is 1.49. The number of aryl methyl sites for hydroxylation is 1. The number of nitrogens with zero attached hydrogens (tertiary/aromatic N) is 7. The number of anilines is 3. The fourth-order valence-corrected chi connectivity index (χ4v) is 4.11. The lowest BCUT2D eigenvalue weighted by Crippen LogP contribution is -2.47. The lowest BCUT2D eigenvalue weighted by atomic mass is 10.0. The lowest BCUT2D eigenvalue weighted by Gasteiger charge is -2.37. The van der Waals surface area contributed by atoms with Crippen LogP contribution in [-0.2, 0) is 0 Å². The summed E-state index contributed by atoms with van der Waals surface area (Å²) < 4.78 is 0. The number of aromatic nitrogens is 4. The van der Waals surface area contributed by atoms with E-state index in [0.29, 0.717) is 6.04 Å². The predicted molar refractivity (Wildman–Crippen MR) is 109 cm³/mol. The van der Waals surface area contributed by atoms with Crippen molar-refractivity contribution in [2.75, 3.05) is 47.4 Å². The summed E-state index contributed by atoms with van der Waals surface area (Å²) in [6, 6.07) is 4.54. The van der Waals surface area contributed by atoms with Gasteiger partial charge in [0, 0.05) is 62.9 Å². The molecule has 144 valence electrons. The first-order chi connectivity index (χ1) is 13.2. The number of piperidine rings is 1. The molecule has 0 amide bonds. The van der Waals surface area contributed by atoms with E-state index in [1.54, 1.807) is 12.4 Å². The van der Waals surface area contributed by atoms with Crippen molar-refractivity contribution in [2.45, 2.75) is 45.6 Å². The Kier molecular flexibility index (Phi) is 5.36. The number of hydrogen-bond donors (Lipinski definition) is 0. The fourth-order valence-electron chi connectivity index (χ4n) is 4.11. The van der Waals surface area contributed by atoms with Crippen LogP contribution >= 0.6 is 0 Å². The van der Waals surface area contributed by atoms with Crippen LogP contribution in [0.1, 0.15) is 38.3 Å². The second-order valence-corrected chi connectivity index (χ2v) is 7.44. The van der Waals surface area contributed by atoms with Gasteiger partial charge in [0.05, 0.1) is 0 Å². The maximum absolute atomic E-state index is 4.97. The molecular weight excluding hydrogens is 338 g/mol. The molecule has 4 heterocycles. The van der Waals surface area contributed by atoms with Gasteiger partial charge in [0.2, 0.25) is 11.9 Å². The van der Waals surface area contributed by atoms with Gasteiger partial charge in [0.15, 0.2) is 0 Å². The number of hydrogen-bond acceptors (Lipinski definition) is 7. The minimum absolute atomic E-state index is 0.570. The van der Waals surface area contributed by atoms with Crippen LogP contribution in [-0.4, -0.2) is 58.7 Å². The van der Waals surface area contributed by atoms with Gasteiger partial charge in [-0.15, -0.1) is 0 Å². The van der Waals surface area contributed by atoms with Crippen molar-refractivity contribution in [3.05, 3.63) is 30.2 Å². The van der Waals surface area contributed by atoms with Crippen molar-refractivity contribution in [1.82, 2.24) is 19.9 Å². The third-order valence-corrected chi connectivity index (χ3v) is 5.62. The highest BCUT2D eigenvalue weighted by molar-refractivity contribution is 5.48. The van der Waals surface area contributed by atoms with E-state index in [2.05, 4.69) is 44.6 Å². The smallest absolute Gasteiger partial charge is 0.227 e. The van der Waals surface area contributed by atoms with Crippen LogP contribution in [0.15, 0.2) is 24.5 Å². The Labute approximate surface area is 161 Å². The van der Waals surface area contributed by atoms with E-state index in [0.717, 1.165) is 62.6 Å². The largest absolute Gasteiger partial charge is 0.353 e. The highest BCUT2D eigenvalue weighted by Crippen LogP contribution is 2.26. The molecule has 0 N–H and O–H groups in total. The van der Waals surface area contributed by atoms with Crippen molar-refractivity contribution in [3.8, 4) is 0 Å². The summed E-state index contributed by atoms with van der Waals surface area (Å²) >= 11 is 0. The highest BCUT2D eigenvalue weighted by atomic mass is 15.4. The van der Waals surface area contributed by atoms with Crippen molar-refractivity contribution in [1.29, 1.82) is 0 Å². The molecule has 2 aromatic rings. The first-order valence-electron chi connectivity index (χ1n) is 10.1. The second-order valence-electron chi connectivity index (χ2n) is 7.44. The van der Waals surface area contributed by atoms with Gasteiger partial charge in [-0.05, 0) is 38.7 Å². The molecule has 0 bridgehead atoms. The Morgan fingerprint density at radius 3 is 2.41 bits per heavy atom. The Morgan fingerprint density at radius 1 is 0.926 bits per heavy atom. The first-order valence-corrected chi connectivity index (χ1v) is 10.1. The van der Waals surface area contributed by atoms with Gasteiger partial charge in [0.25, 0.3) is 0 Å². The first kappa shape index (κ1) is 17.9. The average molecular weight is 368 g/mol. The van der Waals surface area contributed by atoms with E-state index in [9.17, 15) is 0 Å². The van der Waals surface area contributed by atoms with E-state index >= 15 is 0 Å². The van der Waals surface area contributed by atoms with Gasteiger partial charge in [-0.2, -0.15) is 4.98 Å². The third-order valence-electron chi connectivity index (χ3n) is 5.62.